The zero-order valence-electron chi connectivity index (χ0n) is 24.8. The number of hydrogen-bond acceptors (Lipinski definition) is 8. The van der Waals surface area contributed by atoms with Gasteiger partial charge in [0.2, 0.25) is 27.4 Å². The number of anilines is 2. The van der Waals surface area contributed by atoms with E-state index in [0.29, 0.717) is 41.5 Å². The number of benzene rings is 1. The summed E-state index contributed by atoms with van der Waals surface area (Å²) in [6.45, 7) is 4.76. The number of carbonyl (C=O) groups is 1. The Bertz CT molecular complexity index is 1960. The number of rotatable bonds is 9. The largest absolute Gasteiger partial charge is 0.475 e. The van der Waals surface area contributed by atoms with Gasteiger partial charge in [-0.25, -0.2) is 17.8 Å². The van der Waals surface area contributed by atoms with Crippen molar-refractivity contribution in [3.8, 4) is 17.0 Å². The van der Waals surface area contributed by atoms with Gasteiger partial charge < -0.3 is 19.9 Å². The van der Waals surface area contributed by atoms with Gasteiger partial charge in [0.15, 0.2) is 0 Å². The van der Waals surface area contributed by atoms with Gasteiger partial charge in [0.25, 0.3) is 0 Å². The van der Waals surface area contributed by atoms with E-state index in [-0.39, 0.29) is 47.2 Å². The van der Waals surface area contributed by atoms with Gasteiger partial charge in [-0.1, -0.05) is 13.8 Å². The summed E-state index contributed by atoms with van der Waals surface area (Å²) >= 11 is 0. The maximum absolute atomic E-state index is 15.7. The predicted molar refractivity (Wildman–Crippen MR) is 166 cm³/mol. The molecule has 1 spiro atoms. The lowest BCUT2D eigenvalue weighted by Gasteiger charge is -2.44. The van der Waals surface area contributed by atoms with Gasteiger partial charge in [0.05, 0.1) is 29.1 Å². The molecule has 1 aliphatic carbocycles. The fourth-order valence-electron chi connectivity index (χ4n) is 6.31. The molecule has 0 saturated heterocycles. The molecule has 230 valence electrons. The van der Waals surface area contributed by atoms with Crippen molar-refractivity contribution in [1.82, 2.24) is 20.3 Å². The summed E-state index contributed by atoms with van der Waals surface area (Å²) in [4.78, 5) is 38.6. The maximum atomic E-state index is 15.7. The zero-order chi connectivity index (χ0) is 31.4. The van der Waals surface area contributed by atoms with Gasteiger partial charge in [-0.3, -0.25) is 19.3 Å². The summed E-state index contributed by atoms with van der Waals surface area (Å²) in [6, 6.07) is 8.11. The SMILES string of the molecule is CC(C)NCCOc1ncc(-c2cc3c(cc2F)ncc2c3[C@]3(C[C@H](c4cc[nH]c(=O)c4)C3)C(=O)N2C)cc1NS(C)(=O)=O. The highest BCUT2D eigenvalue weighted by Crippen LogP contribution is 2.60. The molecule has 3 N–H and O–H groups in total. The molecule has 1 aliphatic heterocycles. The number of halogens is 1. The number of likely N-dealkylation sites (N-methyl/N-ethyl adjacent to an activating group) is 1. The number of sulfonamides is 1. The van der Waals surface area contributed by atoms with E-state index in [2.05, 4.69) is 25.0 Å². The molecule has 1 fully saturated rings. The van der Waals surface area contributed by atoms with Crippen molar-refractivity contribution in [2.75, 3.05) is 36.1 Å². The number of pyridine rings is 3. The summed E-state index contributed by atoms with van der Waals surface area (Å²) in [5, 5.41) is 3.84. The molecule has 0 radical (unpaired) electrons. The average molecular weight is 621 g/mol. The van der Waals surface area contributed by atoms with Gasteiger partial charge in [-0.15, -0.1) is 0 Å². The number of hydrogen-bond donors (Lipinski definition) is 3. The standard InChI is InChI=1S/C31H33FN6O5S/c1-17(2)33-7-8-43-29-25(37-44(4,41)42)9-19(15-36-29)21-11-22-24(12-23(21)32)35-16-26-28(22)31(30(40)38(26)3)13-20(14-31)18-5-6-34-27(39)10-18/h5-6,9-12,15-17,20,33,37H,7-8,13-14H2,1-4H3,(H,34,39)/t20-,31+. The second-order valence-electron chi connectivity index (χ2n) is 11.8. The van der Waals surface area contributed by atoms with Crippen LogP contribution in [0.4, 0.5) is 15.8 Å². The molecule has 0 unspecified atom stereocenters. The second-order valence-corrected chi connectivity index (χ2v) is 13.6. The van der Waals surface area contributed by atoms with Crippen molar-refractivity contribution in [3.63, 3.8) is 0 Å². The molecule has 0 atom stereocenters. The smallest absolute Gasteiger partial charge is 0.248 e. The van der Waals surface area contributed by atoms with Crippen LogP contribution in [0.5, 0.6) is 5.88 Å². The van der Waals surface area contributed by atoms with Crippen molar-refractivity contribution < 1.29 is 22.3 Å². The Balaban J connectivity index is 1.41. The highest BCUT2D eigenvalue weighted by atomic mass is 32.2. The zero-order valence-corrected chi connectivity index (χ0v) is 25.6. The molecule has 4 heterocycles. The first-order valence-electron chi connectivity index (χ1n) is 14.3. The Labute approximate surface area is 253 Å². The van der Waals surface area contributed by atoms with E-state index >= 15 is 4.39 Å². The third kappa shape index (κ3) is 5.30. The predicted octanol–water partition coefficient (Wildman–Crippen LogP) is 3.66. The number of amides is 1. The van der Waals surface area contributed by atoms with Crippen LogP contribution in [-0.4, -0.2) is 61.8 Å². The van der Waals surface area contributed by atoms with E-state index in [1.54, 1.807) is 36.5 Å². The molecule has 11 nitrogen and oxygen atoms in total. The Morgan fingerprint density at radius 2 is 1.93 bits per heavy atom. The van der Waals surface area contributed by atoms with Crippen LogP contribution >= 0.6 is 0 Å². The molecular formula is C31H33FN6O5S. The van der Waals surface area contributed by atoms with Crippen LogP contribution in [0, 0.1) is 5.82 Å². The summed E-state index contributed by atoms with van der Waals surface area (Å²) in [7, 11) is -2.00. The molecule has 6 rings (SSSR count). The molecule has 2 aliphatic rings. The number of aromatic nitrogens is 3. The monoisotopic (exact) mass is 620 g/mol. The molecule has 0 bridgehead atoms. The topological polar surface area (TPSA) is 146 Å². The summed E-state index contributed by atoms with van der Waals surface area (Å²) < 4.78 is 48.2. The summed E-state index contributed by atoms with van der Waals surface area (Å²) in [5.74, 6) is -0.558. The van der Waals surface area contributed by atoms with Gasteiger partial charge in [-0.2, -0.15) is 0 Å². The number of carbonyl (C=O) groups excluding carboxylic acids is 1. The van der Waals surface area contributed by atoms with Crippen LogP contribution in [-0.2, 0) is 20.2 Å². The highest BCUT2D eigenvalue weighted by molar-refractivity contribution is 7.92. The fraction of sp³-hybridized carbons (Fsp3) is 0.355. The summed E-state index contributed by atoms with van der Waals surface area (Å²) in [5.41, 5.74) is 2.23. The Hall–Kier alpha value is -4.36. The number of nitrogens with one attached hydrogen (secondary N) is 3. The lowest BCUT2D eigenvalue weighted by molar-refractivity contribution is -0.126. The van der Waals surface area contributed by atoms with Crippen molar-refractivity contribution in [2.45, 2.75) is 44.1 Å². The number of aromatic amines is 1. The third-order valence-electron chi connectivity index (χ3n) is 8.30. The minimum Gasteiger partial charge on any atom is -0.475 e. The lowest BCUT2D eigenvalue weighted by atomic mass is 9.57. The average Bonchev–Trinajstić information content (AvgIpc) is 3.16. The molecule has 1 saturated carbocycles. The van der Waals surface area contributed by atoms with Crippen LogP contribution in [0.1, 0.15) is 43.7 Å². The van der Waals surface area contributed by atoms with Crippen molar-refractivity contribution in [3.05, 3.63) is 76.2 Å². The maximum Gasteiger partial charge on any atom is 0.248 e. The lowest BCUT2D eigenvalue weighted by Crippen LogP contribution is -2.48. The number of nitrogens with zero attached hydrogens (tertiary/aromatic N) is 3. The molecule has 3 aromatic heterocycles. The van der Waals surface area contributed by atoms with Crippen molar-refractivity contribution in [2.24, 2.45) is 0 Å². The van der Waals surface area contributed by atoms with Crippen molar-refractivity contribution >= 4 is 38.2 Å². The third-order valence-corrected chi connectivity index (χ3v) is 8.89. The van der Waals surface area contributed by atoms with E-state index in [9.17, 15) is 18.0 Å². The molecule has 4 aromatic rings. The highest BCUT2D eigenvalue weighted by Gasteiger charge is 2.58. The van der Waals surface area contributed by atoms with Crippen LogP contribution < -0.4 is 25.2 Å². The molecule has 1 amide bonds. The van der Waals surface area contributed by atoms with E-state index in [4.69, 9.17) is 4.74 Å². The van der Waals surface area contributed by atoms with Gasteiger partial charge in [0, 0.05) is 66.2 Å². The molecule has 13 heteroatoms. The Kier molecular flexibility index (Phi) is 7.41. The van der Waals surface area contributed by atoms with E-state index in [1.165, 1.54) is 18.3 Å². The normalized spacial score (nSPS) is 19.5. The Morgan fingerprint density at radius 1 is 1.16 bits per heavy atom. The number of ether oxygens (including phenoxy) is 1. The molecular weight excluding hydrogens is 587 g/mol. The van der Waals surface area contributed by atoms with Gasteiger partial charge in [-0.05, 0) is 42.5 Å². The Morgan fingerprint density at radius 3 is 2.64 bits per heavy atom. The van der Waals surface area contributed by atoms with E-state index < -0.39 is 21.3 Å². The van der Waals surface area contributed by atoms with E-state index in [1.807, 2.05) is 19.9 Å². The van der Waals surface area contributed by atoms with Crippen molar-refractivity contribution in [1.29, 1.82) is 0 Å². The number of fused-ring (bicyclic) bond motifs is 4. The number of H-pyrrole nitrogens is 1. The van der Waals surface area contributed by atoms with Crippen LogP contribution in [0.3, 0.4) is 0 Å². The molecule has 44 heavy (non-hydrogen) atoms. The van der Waals surface area contributed by atoms with Crippen LogP contribution in [0.25, 0.3) is 22.0 Å². The quantitative estimate of drug-likeness (QED) is 0.240. The first-order chi connectivity index (χ1) is 20.9. The minimum atomic E-state index is -3.70. The van der Waals surface area contributed by atoms with Crippen LogP contribution in [0.2, 0.25) is 0 Å². The van der Waals surface area contributed by atoms with Gasteiger partial charge in [0.1, 0.15) is 18.1 Å². The fourth-order valence-corrected chi connectivity index (χ4v) is 6.86. The minimum absolute atomic E-state index is 0.0147. The second kappa shape index (κ2) is 11.0. The van der Waals surface area contributed by atoms with E-state index in [0.717, 1.165) is 17.4 Å². The molecule has 1 aromatic carbocycles. The first-order valence-corrected chi connectivity index (χ1v) is 16.2. The first kappa shape index (κ1) is 29.7. The van der Waals surface area contributed by atoms with Gasteiger partial charge >= 0.3 is 0 Å². The van der Waals surface area contributed by atoms with Crippen LogP contribution in [0.15, 0.2) is 53.7 Å². The summed E-state index contributed by atoms with van der Waals surface area (Å²) in [6.07, 6.45) is 6.65.